The normalized spacial score (nSPS) is 4.54. The van der Waals surface area contributed by atoms with Crippen LogP contribution < -0.4 is 22.1 Å². The Hall–Kier alpha value is -0.210. The molecule has 13 heteroatoms. The Balaban J connectivity index is -0.00000000286. The predicted molar refractivity (Wildman–Crippen MR) is 43.5 cm³/mol. The van der Waals surface area contributed by atoms with E-state index in [0.29, 0.717) is 0 Å². The van der Waals surface area contributed by atoms with Gasteiger partial charge in [0.25, 0.3) is 0 Å². The average Bonchev–Trinajstić information content (AvgIpc) is 0.722. The summed E-state index contributed by atoms with van der Waals surface area (Å²) in [6.45, 7) is 0. The number of phosphoric acid groups is 1. The van der Waals surface area contributed by atoms with E-state index in [-0.39, 0.29) is 45.2 Å². The zero-order valence-corrected chi connectivity index (χ0v) is 8.01. The molecule has 0 heterocycles. The van der Waals surface area contributed by atoms with Crippen LogP contribution in [-0.4, -0.2) is 37.8 Å². The lowest BCUT2D eigenvalue weighted by Gasteiger charge is -2.19. The third kappa shape index (κ3) is 25600. The summed E-state index contributed by atoms with van der Waals surface area (Å²) >= 11 is 0. The fourth-order valence-corrected chi connectivity index (χ4v) is 0. The first kappa shape index (κ1) is 124. The van der Waals surface area contributed by atoms with Gasteiger partial charge in [0.2, 0.25) is 0 Å². The molecule has 12 nitrogen and oxygen atoms in total. The van der Waals surface area contributed by atoms with Crippen molar-refractivity contribution in [3.8, 4) is 0 Å². The van der Waals surface area contributed by atoms with Crippen LogP contribution in [-0.2, 0) is 4.57 Å². The molecule has 0 aliphatic carbocycles. The van der Waals surface area contributed by atoms with Gasteiger partial charge in [-0.15, -0.1) is 0 Å². The van der Waals surface area contributed by atoms with Gasteiger partial charge < -0.3 is 64.4 Å². The van der Waals surface area contributed by atoms with Crippen LogP contribution in [0.25, 0.3) is 0 Å². The van der Waals surface area contributed by atoms with Gasteiger partial charge in [-0.25, -0.2) is 0 Å². The van der Waals surface area contributed by atoms with Gasteiger partial charge in [0.05, 0.1) is 7.82 Å². The van der Waals surface area contributed by atoms with E-state index < -0.39 is 7.82 Å². The first-order chi connectivity index (χ1) is 2.00. The minimum absolute atomic E-state index is 0. The second-order valence-corrected chi connectivity index (χ2v) is 1.41. The van der Waals surface area contributed by atoms with Gasteiger partial charge in [-0.2, -0.15) is 0 Å². The molecule has 0 bridgehead atoms. The highest BCUT2D eigenvalue weighted by molar-refractivity contribution is 7.42. The van der Waals surface area contributed by atoms with Gasteiger partial charge >= 0.3 is 0 Å². The molecular weight excluding hydrogens is 219 g/mol. The fourth-order valence-electron chi connectivity index (χ4n) is 0. The maximum absolute atomic E-state index is 8.66. The Morgan fingerprint density at radius 3 is 0.769 bits per heavy atom. The summed E-state index contributed by atoms with van der Waals surface area (Å²) in [4.78, 5) is 24.3. The van der Waals surface area contributed by atoms with Crippen molar-refractivity contribution in [2.24, 2.45) is 0 Å². The predicted octanol–water partition coefficient (Wildman–Crippen LogP) is -6.39. The molecule has 0 amide bonds. The highest BCUT2D eigenvalue weighted by Gasteiger charge is 1.64. The standard InChI is InChI=1S/2H3N.H3O4P.6H2O/c;;1-5(2,3)4;;;;;;/h2*1H3;(H3,1,2,3,4);6*1H2. The molecule has 0 aromatic rings. The van der Waals surface area contributed by atoms with Gasteiger partial charge in [-0.05, 0) is 0 Å². The van der Waals surface area contributed by atoms with E-state index in [1.54, 1.807) is 0 Å². The van der Waals surface area contributed by atoms with Crippen molar-refractivity contribution in [2.45, 2.75) is 0 Å². The second kappa shape index (κ2) is 40.9. The Kier molecular flexibility index (Phi) is 390. The molecule has 96 valence electrons. The zero-order chi connectivity index (χ0) is 4.50. The van der Waals surface area contributed by atoms with Gasteiger partial charge in [0.1, 0.15) is 0 Å². The van der Waals surface area contributed by atoms with Crippen molar-refractivity contribution in [1.82, 2.24) is 12.3 Å². The summed E-state index contributed by atoms with van der Waals surface area (Å²) in [5, 5.41) is 0. The number of hydrogen-bond acceptors (Lipinski definition) is 3. The van der Waals surface area contributed by atoms with Crippen molar-refractivity contribution in [2.75, 3.05) is 0 Å². The van der Waals surface area contributed by atoms with Gasteiger partial charge in [0.15, 0.2) is 0 Å². The molecule has 13 heavy (non-hydrogen) atoms. The largest absolute Gasteiger partial charge is 0.790 e. The van der Waals surface area contributed by atoms with Crippen molar-refractivity contribution in [1.29, 1.82) is 0 Å². The summed E-state index contributed by atoms with van der Waals surface area (Å²) in [7, 11) is -5.14. The van der Waals surface area contributed by atoms with Crippen LogP contribution in [0.4, 0.5) is 0 Å². The summed E-state index contributed by atoms with van der Waals surface area (Å²) in [6.07, 6.45) is 0. The summed E-state index contributed by atoms with van der Waals surface area (Å²) in [5.41, 5.74) is 0. The third-order valence-corrected chi connectivity index (χ3v) is 0. The topological polar surface area (TPSA) is 345 Å². The first-order valence-corrected chi connectivity index (χ1v) is 2.24. The Morgan fingerprint density at radius 2 is 0.769 bits per heavy atom. The SMILES string of the molecule is O.O.O.O.O.O.O=P([O-])([O-])O.[NH4+].[NH4+]. The number of hydrogen-bond donors (Lipinski definition) is 3. The highest BCUT2D eigenvalue weighted by Crippen LogP contribution is 2.11. The lowest BCUT2D eigenvalue weighted by atomic mass is 14.0. The smallest absolute Gasteiger partial charge is 0.0557 e. The van der Waals surface area contributed by atoms with Gasteiger partial charge in [0, 0.05) is 0 Å². The zero-order valence-electron chi connectivity index (χ0n) is 7.12. The van der Waals surface area contributed by atoms with Crippen molar-refractivity contribution in [3.63, 3.8) is 0 Å². The van der Waals surface area contributed by atoms with Crippen LogP contribution in [0.3, 0.4) is 0 Å². The third-order valence-electron chi connectivity index (χ3n) is 0. The molecule has 0 spiro atoms. The Bertz CT molecular complexity index is 59.1. The first-order valence-electron chi connectivity index (χ1n) is 0.748. The minimum atomic E-state index is -5.14. The monoisotopic (exact) mass is 240 g/mol. The summed E-state index contributed by atoms with van der Waals surface area (Å²) < 4.78 is 8.66. The fraction of sp³-hybridized carbons (Fsp3) is 0. The molecule has 0 rings (SSSR count). The lowest BCUT2D eigenvalue weighted by Crippen LogP contribution is -2.11. The maximum atomic E-state index is 8.66. The maximum Gasteiger partial charge on any atom is 0.0557 e. The Labute approximate surface area is 73.5 Å². The molecule has 0 atom stereocenters. The van der Waals surface area contributed by atoms with E-state index >= 15 is 0 Å². The van der Waals surface area contributed by atoms with E-state index in [4.69, 9.17) is 19.2 Å². The molecule has 0 fully saturated rings. The van der Waals surface area contributed by atoms with E-state index in [1.165, 1.54) is 0 Å². The van der Waals surface area contributed by atoms with Crippen molar-refractivity contribution < 1.29 is 52.1 Å². The quantitative estimate of drug-likeness (QED) is 0.347. The van der Waals surface area contributed by atoms with E-state index in [1.807, 2.05) is 0 Å². The molecule has 0 aliphatic heterocycles. The van der Waals surface area contributed by atoms with Crippen molar-refractivity contribution in [3.05, 3.63) is 0 Å². The van der Waals surface area contributed by atoms with Gasteiger partial charge in [-0.1, -0.05) is 0 Å². The molecule has 0 saturated carbocycles. The van der Waals surface area contributed by atoms with E-state index in [0.717, 1.165) is 0 Å². The average molecular weight is 240 g/mol. The molecule has 0 aromatic heterocycles. The van der Waals surface area contributed by atoms with Crippen LogP contribution in [0.1, 0.15) is 0 Å². The summed E-state index contributed by atoms with van der Waals surface area (Å²) in [6, 6.07) is 0. The van der Waals surface area contributed by atoms with Crippen LogP contribution >= 0.6 is 7.82 Å². The van der Waals surface area contributed by atoms with Crippen LogP contribution in [0.2, 0.25) is 0 Å². The van der Waals surface area contributed by atoms with Crippen LogP contribution in [0, 0.1) is 0 Å². The lowest BCUT2D eigenvalue weighted by molar-refractivity contribution is -0.337. The number of rotatable bonds is 0. The molecule has 0 unspecified atom stereocenters. The molecular formula is H21N2O10P. The van der Waals surface area contributed by atoms with Crippen LogP contribution in [0.5, 0.6) is 0 Å². The molecule has 0 saturated heterocycles. The molecule has 0 aromatic carbocycles. The molecule has 0 aliphatic rings. The molecule has 21 N–H and O–H groups in total. The minimum Gasteiger partial charge on any atom is -0.790 e. The van der Waals surface area contributed by atoms with E-state index in [2.05, 4.69) is 0 Å². The van der Waals surface area contributed by atoms with E-state index in [9.17, 15) is 0 Å². The summed E-state index contributed by atoms with van der Waals surface area (Å²) in [5.74, 6) is 0. The molecule has 0 radical (unpaired) electrons. The Morgan fingerprint density at radius 1 is 0.769 bits per heavy atom. The van der Waals surface area contributed by atoms with Crippen LogP contribution in [0.15, 0.2) is 0 Å². The van der Waals surface area contributed by atoms with Crippen molar-refractivity contribution >= 4 is 7.82 Å². The highest BCUT2D eigenvalue weighted by atomic mass is 31.2. The number of quaternary nitrogens is 2. The van der Waals surface area contributed by atoms with Gasteiger partial charge in [-0.3, -0.25) is 0 Å². The second-order valence-electron chi connectivity index (χ2n) is 0.469.